The van der Waals surface area contributed by atoms with Crippen LogP contribution >= 0.6 is 0 Å². The molecule has 22 rings (SSSR count). The van der Waals surface area contributed by atoms with Gasteiger partial charge in [-0.3, -0.25) is 4.57 Å². The molecule has 106 heavy (non-hydrogen) atoms. The molecule has 0 N–H and O–H groups in total. The van der Waals surface area contributed by atoms with E-state index in [0.717, 1.165) is 138 Å². The molecule has 22 aromatic rings. The molecule has 0 radical (unpaired) electrons. The van der Waals surface area contributed by atoms with Crippen molar-refractivity contribution in [3.63, 3.8) is 0 Å². The van der Waals surface area contributed by atoms with Crippen molar-refractivity contribution in [1.82, 2.24) is 38.2 Å². The Bertz CT molecular complexity index is 7260. The fourth-order valence-corrected chi connectivity index (χ4v) is 17.0. The first-order valence-electron chi connectivity index (χ1n) is 36.1. The second-order valence-corrected chi connectivity index (χ2v) is 27.6. The molecule has 16 aromatic carbocycles. The van der Waals surface area contributed by atoms with Gasteiger partial charge in [-0.05, 0) is 165 Å². The highest BCUT2D eigenvalue weighted by Gasteiger charge is 2.24. The van der Waals surface area contributed by atoms with Gasteiger partial charge < -0.3 is 13.7 Å². The zero-order chi connectivity index (χ0) is 69.5. The van der Waals surface area contributed by atoms with E-state index >= 15 is 0 Å². The lowest BCUT2D eigenvalue weighted by Crippen LogP contribution is -2.04. The lowest BCUT2D eigenvalue weighted by atomic mass is 9.93. The fraction of sp³-hybridized carbons (Fsp3) is 0. The van der Waals surface area contributed by atoms with Crippen LogP contribution < -0.4 is 0 Å². The van der Waals surface area contributed by atoms with E-state index in [1.165, 1.54) is 59.9 Å². The Kier molecular flexibility index (Phi) is 13.2. The summed E-state index contributed by atoms with van der Waals surface area (Å²) in [6.07, 6.45) is 0. The van der Waals surface area contributed by atoms with Crippen LogP contribution in [0.3, 0.4) is 0 Å². The topological polar surface area (TPSA) is 71.3 Å². The van der Waals surface area contributed by atoms with Crippen molar-refractivity contribution >= 4 is 120 Å². The molecule has 0 aliphatic heterocycles. The zero-order valence-corrected chi connectivity index (χ0v) is 57.2. The molecule has 0 aliphatic rings. The number of hydrogen-bond donors (Lipinski definition) is 0. The molecule has 0 atom stereocenters. The number of nitrogens with zero attached hydrogens (tertiary/aromatic N) is 8. The molecule has 0 fully saturated rings. The summed E-state index contributed by atoms with van der Waals surface area (Å²) < 4.78 is 9.43. The first kappa shape index (κ1) is 59.4. The van der Waals surface area contributed by atoms with Gasteiger partial charge in [0.15, 0.2) is 5.82 Å². The molecule has 8 heteroatoms. The maximum atomic E-state index is 5.80. The minimum Gasteiger partial charge on any atom is -0.309 e. The van der Waals surface area contributed by atoms with Gasteiger partial charge >= 0.3 is 0 Å². The first-order valence-corrected chi connectivity index (χ1v) is 36.1. The van der Waals surface area contributed by atoms with Crippen molar-refractivity contribution in [2.45, 2.75) is 0 Å². The number of para-hydroxylation sites is 6. The summed E-state index contributed by atoms with van der Waals surface area (Å²) in [6, 6.07) is 131. The van der Waals surface area contributed by atoms with Crippen LogP contribution in [0.4, 0.5) is 0 Å². The smallest absolute Gasteiger partial charge is 0.235 e. The summed E-state index contributed by atoms with van der Waals surface area (Å²) in [6.45, 7) is 0. The van der Waals surface area contributed by atoms with Crippen molar-refractivity contribution in [2.24, 2.45) is 0 Å². The maximum absolute atomic E-state index is 5.80. The van der Waals surface area contributed by atoms with Gasteiger partial charge in [-0.25, -0.2) is 19.9 Å². The van der Waals surface area contributed by atoms with Crippen molar-refractivity contribution in [1.29, 1.82) is 0 Å². The Morgan fingerprint density at radius 1 is 0.189 bits per heavy atom. The number of aromatic nitrogens is 8. The molecular formula is C98H60N8. The lowest BCUT2D eigenvalue weighted by Gasteiger charge is -2.16. The minimum absolute atomic E-state index is 0.603. The van der Waals surface area contributed by atoms with E-state index in [0.29, 0.717) is 11.8 Å². The average Bonchev–Trinajstić information content (AvgIpc) is 1.67. The molecule has 6 heterocycles. The third kappa shape index (κ3) is 9.27. The van der Waals surface area contributed by atoms with Crippen molar-refractivity contribution < 1.29 is 0 Å². The molecule has 0 saturated carbocycles. The largest absolute Gasteiger partial charge is 0.309 e. The van der Waals surface area contributed by atoms with Crippen LogP contribution in [-0.4, -0.2) is 38.2 Å². The first-order chi connectivity index (χ1) is 52.6. The average molecular weight is 1350 g/mol. The number of rotatable bonds is 10. The van der Waals surface area contributed by atoms with Gasteiger partial charge in [-0.1, -0.05) is 243 Å². The third-order valence-electron chi connectivity index (χ3n) is 21.8. The predicted octanol–water partition coefficient (Wildman–Crippen LogP) is 25.1. The summed E-state index contributed by atoms with van der Waals surface area (Å²) >= 11 is 0. The molecule has 0 aliphatic carbocycles. The molecule has 0 amide bonds. The number of fused-ring (bicyclic) bond motifs is 15. The number of benzene rings is 16. The summed E-state index contributed by atoms with van der Waals surface area (Å²) in [5, 5.41) is 13.7. The van der Waals surface area contributed by atoms with E-state index < -0.39 is 0 Å². The maximum Gasteiger partial charge on any atom is 0.235 e. The minimum atomic E-state index is 0.603. The predicted molar refractivity (Wildman–Crippen MR) is 440 cm³/mol. The SMILES string of the molecule is c1ccc(-c2ccc(-c3nc(-c4ccc(-n5c6ccccc6c6cc(-n7c8ccccc8c8ccccc87)ccc65)cc4)nc4cc(-c5ccc6c(-c7nc(-n8c9ccccc9c9cc(-n%10c%11ccccc%11c%11ccccc%11%10)ccc98)nc8cccc(-c9ccccc9)c78)cccc6c5)ccc34)cc2)cc1. The van der Waals surface area contributed by atoms with Crippen LogP contribution in [-0.2, 0) is 0 Å². The van der Waals surface area contributed by atoms with Gasteiger partial charge in [0.1, 0.15) is 0 Å². The summed E-state index contributed by atoms with van der Waals surface area (Å²) in [5.74, 6) is 1.25. The van der Waals surface area contributed by atoms with Crippen LogP contribution in [0.25, 0.3) is 210 Å². The highest BCUT2D eigenvalue weighted by Crippen LogP contribution is 2.44. The van der Waals surface area contributed by atoms with Crippen molar-refractivity contribution in [3.05, 3.63) is 364 Å². The monoisotopic (exact) mass is 1350 g/mol. The van der Waals surface area contributed by atoms with E-state index in [-0.39, 0.29) is 0 Å². The van der Waals surface area contributed by atoms with Crippen LogP contribution in [0.1, 0.15) is 0 Å². The van der Waals surface area contributed by atoms with Gasteiger partial charge in [0.25, 0.3) is 0 Å². The van der Waals surface area contributed by atoms with Crippen LogP contribution in [0, 0.1) is 0 Å². The highest BCUT2D eigenvalue weighted by atomic mass is 15.2. The Hall–Kier alpha value is -14.3. The standard InChI is InChI=1S/C98H60N8/c1-3-21-61(22-4-1)62-41-43-64(44-42-62)95-81-54-48-67(58-85(81)99-97(101-95)65-45-49-69(50-46-65)103-90-39-17-11-30-78(90)82-59-70(51-55-92(82)103)104-86-35-13-7-26-74(86)75-27-8-14-36-87(75)104)66-47-53-72-68(57-66)25-19-33-80(72)96-94-73(63-23-5-2-6-24-63)32-20-34-84(94)100-98(102-96)106-91-40-18-12-31-79(91)83-60-71(52-56-93(83)106)105-88-37-15-9-28-76(88)77-29-10-16-38-89(77)105/h1-60H. The number of hydrogen-bond acceptors (Lipinski definition) is 4. The highest BCUT2D eigenvalue weighted by molar-refractivity contribution is 6.16. The van der Waals surface area contributed by atoms with Crippen molar-refractivity contribution in [2.75, 3.05) is 0 Å². The molecule has 0 bridgehead atoms. The normalized spacial score (nSPS) is 12.0. The molecule has 6 aromatic heterocycles. The van der Waals surface area contributed by atoms with Gasteiger partial charge in [0.2, 0.25) is 5.95 Å². The molecule has 0 spiro atoms. The molecule has 0 saturated heterocycles. The molecule has 492 valence electrons. The summed E-state index contributed by atoms with van der Waals surface area (Å²) in [5.41, 5.74) is 25.3. The molecule has 0 unspecified atom stereocenters. The Balaban J connectivity index is 0.666. The Labute approximate surface area is 608 Å². The van der Waals surface area contributed by atoms with E-state index in [2.05, 4.69) is 382 Å². The van der Waals surface area contributed by atoms with Crippen LogP contribution in [0.5, 0.6) is 0 Å². The lowest BCUT2D eigenvalue weighted by molar-refractivity contribution is 1.01. The van der Waals surface area contributed by atoms with Crippen molar-refractivity contribution in [3.8, 4) is 90.3 Å². The molecule has 8 nitrogen and oxygen atoms in total. The van der Waals surface area contributed by atoms with Crippen LogP contribution in [0.15, 0.2) is 364 Å². The quantitative estimate of drug-likeness (QED) is 0.137. The fourth-order valence-electron chi connectivity index (χ4n) is 17.0. The molecular weight excluding hydrogens is 1290 g/mol. The van der Waals surface area contributed by atoms with Gasteiger partial charge in [-0.2, -0.15) is 0 Å². The Morgan fingerprint density at radius 2 is 0.604 bits per heavy atom. The summed E-state index contributed by atoms with van der Waals surface area (Å²) in [4.78, 5) is 22.4. The van der Waals surface area contributed by atoms with E-state index in [1.54, 1.807) is 0 Å². The summed E-state index contributed by atoms with van der Waals surface area (Å²) in [7, 11) is 0. The van der Waals surface area contributed by atoms with Crippen LogP contribution in [0.2, 0.25) is 0 Å². The van der Waals surface area contributed by atoms with Gasteiger partial charge in [-0.15, -0.1) is 0 Å². The Morgan fingerprint density at radius 3 is 1.18 bits per heavy atom. The van der Waals surface area contributed by atoms with E-state index in [1.807, 2.05) is 0 Å². The zero-order valence-electron chi connectivity index (χ0n) is 57.2. The third-order valence-corrected chi connectivity index (χ3v) is 21.8. The van der Waals surface area contributed by atoms with Gasteiger partial charge in [0.05, 0.1) is 66.6 Å². The second-order valence-electron chi connectivity index (χ2n) is 27.6. The van der Waals surface area contributed by atoms with E-state index in [4.69, 9.17) is 19.9 Å². The second kappa shape index (κ2) is 23.6. The van der Waals surface area contributed by atoms with Gasteiger partial charge in [0, 0.05) is 87.6 Å². The van der Waals surface area contributed by atoms with E-state index in [9.17, 15) is 0 Å².